The van der Waals surface area contributed by atoms with Crippen molar-refractivity contribution in [1.82, 2.24) is 10.2 Å². The smallest absolute Gasteiger partial charge is 0.0634 e. The van der Waals surface area contributed by atoms with Crippen LogP contribution in [0.15, 0.2) is 0 Å². The SMILES string of the molecule is COC(C)(C)CCN1CCCCC1CNC(C)(C)C. The van der Waals surface area contributed by atoms with Gasteiger partial charge in [-0.25, -0.2) is 0 Å². The fraction of sp³-hybridized carbons (Fsp3) is 1.00. The van der Waals surface area contributed by atoms with Crippen molar-refractivity contribution in [2.75, 3.05) is 26.7 Å². The minimum Gasteiger partial charge on any atom is -0.379 e. The molecule has 0 bridgehead atoms. The van der Waals surface area contributed by atoms with Crippen molar-refractivity contribution < 1.29 is 4.74 Å². The van der Waals surface area contributed by atoms with Crippen LogP contribution < -0.4 is 5.32 Å². The molecule has 0 amide bonds. The highest BCUT2D eigenvalue weighted by atomic mass is 16.5. The quantitative estimate of drug-likeness (QED) is 0.803. The first-order chi connectivity index (χ1) is 8.73. The third-order valence-electron chi connectivity index (χ3n) is 4.17. The van der Waals surface area contributed by atoms with E-state index in [1.807, 2.05) is 7.11 Å². The zero-order valence-electron chi connectivity index (χ0n) is 13.9. The van der Waals surface area contributed by atoms with Crippen LogP contribution in [0, 0.1) is 0 Å². The molecule has 0 spiro atoms. The Kier molecular flexibility index (Phi) is 6.28. The molecule has 19 heavy (non-hydrogen) atoms. The Morgan fingerprint density at radius 3 is 2.42 bits per heavy atom. The summed E-state index contributed by atoms with van der Waals surface area (Å²) < 4.78 is 5.54. The summed E-state index contributed by atoms with van der Waals surface area (Å²) in [6, 6.07) is 0.695. The predicted octanol–water partition coefficient (Wildman–Crippen LogP) is 3.04. The number of likely N-dealkylation sites (tertiary alicyclic amines) is 1. The fourth-order valence-electron chi connectivity index (χ4n) is 2.52. The highest BCUT2D eigenvalue weighted by molar-refractivity contribution is 4.83. The molecule has 0 aromatic carbocycles. The van der Waals surface area contributed by atoms with Crippen LogP contribution in [-0.2, 0) is 4.74 Å². The van der Waals surface area contributed by atoms with E-state index in [2.05, 4.69) is 44.8 Å². The maximum atomic E-state index is 5.54. The Hall–Kier alpha value is -0.120. The first kappa shape index (κ1) is 16.9. The molecule has 1 N–H and O–H groups in total. The van der Waals surface area contributed by atoms with Gasteiger partial charge in [0.15, 0.2) is 0 Å². The Morgan fingerprint density at radius 2 is 1.84 bits per heavy atom. The van der Waals surface area contributed by atoms with Crippen molar-refractivity contribution in [3.05, 3.63) is 0 Å². The number of ether oxygens (including phenoxy) is 1. The number of hydrogen-bond acceptors (Lipinski definition) is 3. The molecular formula is C16H34N2O. The molecule has 1 heterocycles. The van der Waals surface area contributed by atoms with E-state index in [0.717, 1.165) is 19.5 Å². The van der Waals surface area contributed by atoms with Gasteiger partial charge in [0.2, 0.25) is 0 Å². The molecule has 1 saturated heterocycles. The van der Waals surface area contributed by atoms with Gasteiger partial charge >= 0.3 is 0 Å². The van der Waals surface area contributed by atoms with Gasteiger partial charge in [-0.3, -0.25) is 4.90 Å². The first-order valence-electron chi connectivity index (χ1n) is 7.78. The molecule has 1 fully saturated rings. The van der Waals surface area contributed by atoms with Crippen molar-refractivity contribution in [2.24, 2.45) is 0 Å². The molecule has 1 unspecified atom stereocenters. The average Bonchev–Trinajstić information content (AvgIpc) is 2.34. The summed E-state index contributed by atoms with van der Waals surface area (Å²) in [5.74, 6) is 0. The number of hydrogen-bond donors (Lipinski definition) is 1. The van der Waals surface area contributed by atoms with E-state index in [0.29, 0.717) is 6.04 Å². The number of piperidine rings is 1. The van der Waals surface area contributed by atoms with Crippen LogP contribution in [0.2, 0.25) is 0 Å². The van der Waals surface area contributed by atoms with E-state index in [-0.39, 0.29) is 11.1 Å². The summed E-state index contributed by atoms with van der Waals surface area (Å²) in [5.41, 5.74) is 0.217. The van der Waals surface area contributed by atoms with Gasteiger partial charge in [0, 0.05) is 31.8 Å². The zero-order valence-corrected chi connectivity index (χ0v) is 13.9. The third kappa shape index (κ3) is 6.73. The predicted molar refractivity (Wildman–Crippen MR) is 82.7 cm³/mol. The van der Waals surface area contributed by atoms with Gasteiger partial charge in [0.05, 0.1) is 5.60 Å². The van der Waals surface area contributed by atoms with E-state index in [9.17, 15) is 0 Å². The average molecular weight is 270 g/mol. The Bertz CT molecular complexity index is 258. The lowest BCUT2D eigenvalue weighted by Crippen LogP contribution is -2.50. The van der Waals surface area contributed by atoms with Crippen LogP contribution in [0.1, 0.15) is 60.3 Å². The first-order valence-corrected chi connectivity index (χ1v) is 7.78. The second kappa shape index (κ2) is 7.05. The number of rotatable bonds is 6. The van der Waals surface area contributed by atoms with Crippen molar-refractivity contribution in [1.29, 1.82) is 0 Å². The van der Waals surface area contributed by atoms with Gasteiger partial charge in [-0.2, -0.15) is 0 Å². The summed E-state index contributed by atoms with van der Waals surface area (Å²) in [6.07, 6.45) is 5.16. The van der Waals surface area contributed by atoms with Crippen molar-refractivity contribution in [3.63, 3.8) is 0 Å². The maximum Gasteiger partial charge on any atom is 0.0634 e. The molecule has 3 heteroatoms. The molecule has 0 radical (unpaired) electrons. The molecule has 0 aliphatic carbocycles. The van der Waals surface area contributed by atoms with Gasteiger partial charge in [0.1, 0.15) is 0 Å². The zero-order chi connectivity index (χ0) is 14.5. The largest absolute Gasteiger partial charge is 0.379 e. The van der Waals surface area contributed by atoms with Gasteiger partial charge in [-0.05, 0) is 60.4 Å². The van der Waals surface area contributed by atoms with Crippen molar-refractivity contribution >= 4 is 0 Å². The highest BCUT2D eigenvalue weighted by Gasteiger charge is 2.26. The molecule has 1 aliphatic rings. The second-order valence-corrected chi connectivity index (χ2v) is 7.53. The monoisotopic (exact) mass is 270 g/mol. The summed E-state index contributed by atoms with van der Waals surface area (Å²) in [7, 11) is 1.81. The van der Waals surface area contributed by atoms with Crippen LogP contribution in [0.25, 0.3) is 0 Å². The lowest BCUT2D eigenvalue weighted by Gasteiger charge is -2.39. The minimum atomic E-state index is -0.000543. The van der Waals surface area contributed by atoms with Crippen LogP contribution in [-0.4, -0.2) is 48.8 Å². The normalized spacial score (nSPS) is 22.7. The van der Waals surface area contributed by atoms with Gasteiger partial charge < -0.3 is 10.1 Å². The molecule has 3 nitrogen and oxygen atoms in total. The van der Waals surface area contributed by atoms with Crippen LogP contribution in [0.3, 0.4) is 0 Å². The number of nitrogens with one attached hydrogen (secondary N) is 1. The summed E-state index contributed by atoms with van der Waals surface area (Å²) in [4.78, 5) is 2.66. The molecule has 1 aliphatic heterocycles. The number of methoxy groups -OCH3 is 1. The minimum absolute atomic E-state index is 0.000543. The van der Waals surface area contributed by atoms with E-state index in [1.54, 1.807) is 0 Å². The lowest BCUT2D eigenvalue weighted by molar-refractivity contribution is 0.000661. The maximum absolute atomic E-state index is 5.54. The van der Waals surface area contributed by atoms with Crippen LogP contribution >= 0.6 is 0 Å². The van der Waals surface area contributed by atoms with E-state index in [4.69, 9.17) is 4.74 Å². The van der Waals surface area contributed by atoms with Crippen LogP contribution in [0.5, 0.6) is 0 Å². The third-order valence-corrected chi connectivity index (χ3v) is 4.17. The summed E-state index contributed by atoms with van der Waals surface area (Å²) in [5, 5.41) is 3.66. The van der Waals surface area contributed by atoms with Gasteiger partial charge in [-0.1, -0.05) is 6.42 Å². The fourth-order valence-corrected chi connectivity index (χ4v) is 2.52. The second-order valence-electron chi connectivity index (χ2n) is 7.53. The topological polar surface area (TPSA) is 24.5 Å². The highest BCUT2D eigenvalue weighted by Crippen LogP contribution is 2.20. The lowest BCUT2D eigenvalue weighted by atomic mass is 9.98. The molecule has 1 atom stereocenters. The summed E-state index contributed by atoms with van der Waals surface area (Å²) in [6.45, 7) is 14.6. The molecule has 114 valence electrons. The Morgan fingerprint density at radius 1 is 1.16 bits per heavy atom. The van der Waals surface area contributed by atoms with Crippen molar-refractivity contribution in [3.8, 4) is 0 Å². The number of nitrogens with zero attached hydrogens (tertiary/aromatic N) is 1. The molecular weight excluding hydrogens is 236 g/mol. The van der Waals surface area contributed by atoms with Gasteiger partial charge in [0.25, 0.3) is 0 Å². The molecule has 0 aromatic rings. The van der Waals surface area contributed by atoms with Gasteiger partial charge in [-0.15, -0.1) is 0 Å². The molecule has 0 saturated carbocycles. The molecule has 0 aromatic heterocycles. The molecule has 1 rings (SSSR count). The summed E-state index contributed by atoms with van der Waals surface area (Å²) >= 11 is 0. The van der Waals surface area contributed by atoms with E-state index in [1.165, 1.54) is 25.8 Å². The van der Waals surface area contributed by atoms with Crippen LogP contribution in [0.4, 0.5) is 0 Å². The Balaban J connectivity index is 2.44. The van der Waals surface area contributed by atoms with Crippen molar-refractivity contribution in [2.45, 2.75) is 77.5 Å². The van der Waals surface area contributed by atoms with E-state index < -0.39 is 0 Å². The standard InChI is InChI=1S/C16H34N2O/c1-15(2,3)17-13-14-9-7-8-11-18(14)12-10-16(4,5)19-6/h14,17H,7-13H2,1-6H3. The van der Waals surface area contributed by atoms with E-state index >= 15 is 0 Å². The Labute approximate surface area is 120 Å².